The molecule has 0 aliphatic carbocycles. The van der Waals surface area contributed by atoms with Crippen LogP contribution < -0.4 is 5.32 Å². The summed E-state index contributed by atoms with van der Waals surface area (Å²) in [7, 11) is 0. The van der Waals surface area contributed by atoms with Crippen LogP contribution in [0.4, 0.5) is 0 Å². The molecule has 1 fully saturated rings. The Bertz CT molecular complexity index is 332. The second kappa shape index (κ2) is 5.33. The molecule has 3 heteroatoms. The molecule has 2 rings (SSSR count). The van der Waals surface area contributed by atoms with E-state index in [4.69, 9.17) is 11.6 Å². The minimum Gasteiger partial charge on any atom is -0.310 e. The fourth-order valence-electron chi connectivity index (χ4n) is 2.08. The van der Waals surface area contributed by atoms with Gasteiger partial charge in [-0.2, -0.15) is 0 Å². The van der Waals surface area contributed by atoms with Crippen molar-refractivity contribution in [1.29, 1.82) is 0 Å². The van der Waals surface area contributed by atoms with Crippen molar-refractivity contribution < 1.29 is 0 Å². The lowest BCUT2D eigenvalue weighted by Gasteiger charge is -2.18. The fourth-order valence-corrected chi connectivity index (χ4v) is 2.72. The predicted octanol–water partition coefficient (Wildman–Crippen LogP) is 4.31. The maximum atomic E-state index is 6.29. The quantitative estimate of drug-likeness (QED) is 0.812. The molecule has 0 bridgehead atoms. The van der Waals surface area contributed by atoms with E-state index in [-0.39, 0.29) is 0 Å². The van der Waals surface area contributed by atoms with Gasteiger partial charge in [-0.1, -0.05) is 36.6 Å². The lowest BCUT2D eigenvalue weighted by atomic mass is 10.0. The number of hydrogen-bond donors (Lipinski definition) is 1. The van der Waals surface area contributed by atoms with Crippen molar-refractivity contribution in [2.75, 3.05) is 6.54 Å². The van der Waals surface area contributed by atoms with Crippen molar-refractivity contribution in [3.05, 3.63) is 33.3 Å². The van der Waals surface area contributed by atoms with Crippen molar-refractivity contribution in [2.24, 2.45) is 0 Å². The zero-order valence-corrected chi connectivity index (χ0v) is 10.9. The first-order chi connectivity index (χ1) is 7.29. The van der Waals surface area contributed by atoms with Gasteiger partial charge in [0.15, 0.2) is 0 Å². The molecule has 1 aliphatic rings. The molecule has 1 aromatic rings. The zero-order valence-electron chi connectivity index (χ0n) is 8.60. The molecule has 1 unspecified atom stereocenters. The van der Waals surface area contributed by atoms with E-state index in [1.54, 1.807) is 0 Å². The molecule has 0 amide bonds. The normalized spacial score (nSPS) is 22.4. The number of hydrogen-bond acceptors (Lipinski definition) is 1. The molecule has 1 saturated heterocycles. The molecule has 82 valence electrons. The first-order valence-corrected chi connectivity index (χ1v) is 6.63. The number of benzene rings is 1. The van der Waals surface area contributed by atoms with Crippen LogP contribution in [0.2, 0.25) is 5.02 Å². The van der Waals surface area contributed by atoms with Crippen molar-refractivity contribution in [1.82, 2.24) is 5.32 Å². The van der Waals surface area contributed by atoms with Gasteiger partial charge in [0.05, 0.1) is 5.02 Å². The summed E-state index contributed by atoms with van der Waals surface area (Å²) in [6.45, 7) is 1.10. The molecule has 15 heavy (non-hydrogen) atoms. The first-order valence-electron chi connectivity index (χ1n) is 5.46. The molecule has 1 aromatic carbocycles. The van der Waals surface area contributed by atoms with E-state index in [1.165, 1.54) is 31.2 Å². The van der Waals surface area contributed by atoms with Crippen LogP contribution >= 0.6 is 27.5 Å². The monoisotopic (exact) mass is 287 g/mol. The zero-order chi connectivity index (χ0) is 10.7. The van der Waals surface area contributed by atoms with Crippen LogP contribution in [0.15, 0.2) is 22.7 Å². The maximum absolute atomic E-state index is 6.29. The molecule has 0 spiro atoms. The lowest BCUT2D eigenvalue weighted by Crippen LogP contribution is -2.20. The molecule has 0 radical (unpaired) electrons. The third-order valence-electron chi connectivity index (χ3n) is 2.92. The van der Waals surface area contributed by atoms with E-state index < -0.39 is 0 Å². The molecule has 1 heterocycles. The Kier molecular flexibility index (Phi) is 4.06. The van der Waals surface area contributed by atoms with Crippen LogP contribution in [-0.2, 0) is 0 Å². The Morgan fingerprint density at radius 1 is 1.27 bits per heavy atom. The van der Waals surface area contributed by atoms with E-state index in [2.05, 4.69) is 33.4 Å². The summed E-state index contributed by atoms with van der Waals surface area (Å²) in [5.41, 5.74) is 1.23. The molecule has 0 aromatic heterocycles. The van der Waals surface area contributed by atoms with Gasteiger partial charge in [0.2, 0.25) is 0 Å². The molecule has 0 saturated carbocycles. The van der Waals surface area contributed by atoms with E-state index in [1.807, 2.05) is 6.07 Å². The summed E-state index contributed by atoms with van der Waals surface area (Å²) in [5.74, 6) is 0. The van der Waals surface area contributed by atoms with Crippen LogP contribution in [0.5, 0.6) is 0 Å². The third-order valence-corrected chi connectivity index (χ3v) is 4.23. The van der Waals surface area contributed by atoms with Crippen LogP contribution in [0.25, 0.3) is 0 Å². The van der Waals surface area contributed by atoms with E-state index in [0.717, 1.165) is 16.0 Å². The largest absolute Gasteiger partial charge is 0.310 e. The topological polar surface area (TPSA) is 12.0 Å². The van der Waals surface area contributed by atoms with Crippen molar-refractivity contribution in [3.8, 4) is 0 Å². The van der Waals surface area contributed by atoms with Gasteiger partial charge in [-0.05, 0) is 46.9 Å². The third kappa shape index (κ3) is 2.74. The van der Waals surface area contributed by atoms with Crippen molar-refractivity contribution >= 4 is 27.5 Å². The summed E-state index contributed by atoms with van der Waals surface area (Å²) >= 11 is 9.77. The smallest absolute Gasteiger partial charge is 0.0595 e. The Morgan fingerprint density at radius 3 is 3.00 bits per heavy atom. The minimum absolute atomic E-state index is 0.428. The number of rotatable bonds is 1. The fraction of sp³-hybridized carbons (Fsp3) is 0.500. The van der Waals surface area contributed by atoms with Gasteiger partial charge in [0, 0.05) is 10.5 Å². The highest BCUT2D eigenvalue weighted by atomic mass is 79.9. The van der Waals surface area contributed by atoms with Crippen LogP contribution in [0, 0.1) is 0 Å². The van der Waals surface area contributed by atoms with Gasteiger partial charge in [-0.3, -0.25) is 0 Å². The summed E-state index contributed by atoms with van der Waals surface area (Å²) in [6.07, 6.45) is 5.09. The molecule has 1 N–H and O–H groups in total. The van der Waals surface area contributed by atoms with Gasteiger partial charge < -0.3 is 5.32 Å². The van der Waals surface area contributed by atoms with Gasteiger partial charge in [0.1, 0.15) is 0 Å². The second-order valence-corrected chi connectivity index (χ2v) is 5.23. The minimum atomic E-state index is 0.428. The Hall–Kier alpha value is -0.0500. The highest BCUT2D eigenvalue weighted by Crippen LogP contribution is 2.33. The molecular weight excluding hydrogens is 273 g/mol. The van der Waals surface area contributed by atoms with Gasteiger partial charge >= 0.3 is 0 Å². The lowest BCUT2D eigenvalue weighted by molar-refractivity contribution is 0.535. The van der Waals surface area contributed by atoms with Crippen LogP contribution in [-0.4, -0.2) is 6.54 Å². The summed E-state index contributed by atoms with van der Waals surface area (Å²) in [6, 6.07) is 6.59. The summed E-state index contributed by atoms with van der Waals surface area (Å²) in [4.78, 5) is 0. The Labute approximate surface area is 104 Å². The van der Waals surface area contributed by atoms with Crippen molar-refractivity contribution in [3.63, 3.8) is 0 Å². The van der Waals surface area contributed by atoms with Gasteiger partial charge in [-0.25, -0.2) is 0 Å². The average Bonchev–Trinajstić information content (AvgIpc) is 2.50. The summed E-state index contributed by atoms with van der Waals surface area (Å²) < 4.78 is 0.993. The first kappa shape index (κ1) is 11.4. The molecule has 1 nitrogen and oxygen atoms in total. The van der Waals surface area contributed by atoms with E-state index >= 15 is 0 Å². The molecule has 1 aliphatic heterocycles. The SMILES string of the molecule is Clc1c(Br)cccc1C1CCCCCN1. The van der Waals surface area contributed by atoms with E-state index in [9.17, 15) is 0 Å². The maximum Gasteiger partial charge on any atom is 0.0595 e. The van der Waals surface area contributed by atoms with Crippen LogP contribution in [0.3, 0.4) is 0 Å². The van der Waals surface area contributed by atoms with Crippen molar-refractivity contribution in [2.45, 2.75) is 31.7 Å². The molecule has 1 atom stereocenters. The highest BCUT2D eigenvalue weighted by molar-refractivity contribution is 9.10. The Morgan fingerprint density at radius 2 is 2.13 bits per heavy atom. The molecular formula is C12H15BrClN. The standard InChI is InChI=1S/C12H15BrClN/c13-10-6-4-5-9(12(10)14)11-7-2-1-3-8-15-11/h4-6,11,15H,1-3,7-8H2. The van der Waals surface area contributed by atoms with E-state index in [0.29, 0.717) is 6.04 Å². The second-order valence-electron chi connectivity index (χ2n) is 4.00. The van der Waals surface area contributed by atoms with Gasteiger partial charge in [0.25, 0.3) is 0 Å². The highest BCUT2D eigenvalue weighted by Gasteiger charge is 2.16. The predicted molar refractivity (Wildman–Crippen MR) is 68.4 cm³/mol. The number of nitrogens with one attached hydrogen (secondary N) is 1. The summed E-state index contributed by atoms with van der Waals surface area (Å²) in [5, 5.41) is 4.42. The Balaban J connectivity index is 2.23. The number of halogens is 2. The van der Waals surface area contributed by atoms with Crippen LogP contribution in [0.1, 0.15) is 37.3 Å². The average molecular weight is 289 g/mol. The van der Waals surface area contributed by atoms with Gasteiger partial charge in [-0.15, -0.1) is 0 Å².